The van der Waals surface area contributed by atoms with Gasteiger partial charge in [-0.05, 0) is 25.8 Å². The van der Waals surface area contributed by atoms with E-state index in [9.17, 15) is 4.79 Å². The van der Waals surface area contributed by atoms with E-state index >= 15 is 0 Å². The predicted molar refractivity (Wildman–Crippen MR) is 81.6 cm³/mol. The van der Waals surface area contributed by atoms with Crippen molar-refractivity contribution in [3.8, 4) is 5.75 Å². The van der Waals surface area contributed by atoms with Crippen molar-refractivity contribution < 1.29 is 14.1 Å². The number of likely N-dealkylation sites (tertiary alicyclic amines) is 1. The van der Waals surface area contributed by atoms with E-state index in [1.54, 1.807) is 7.11 Å². The van der Waals surface area contributed by atoms with Gasteiger partial charge in [0.05, 0.1) is 19.6 Å². The molecule has 1 amide bonds. The van der Waals surface area contributed by atoms with Gasteiger partial charge in [0.25, 0.3) is 0 Å². The van der Waals surface area contributed by atoms with E-state index in [2.05, 4.69) is 5.16 Å². The van der Waals surface area contributed by atoms with Crippen LogP contribution >= 0.6 is 0 Å². The summed E-state index contributed by atoms with van der Waals surface area (Å²) in [6.45, 7) is 2.64. The fourth-order valence-electron chi connectivity index (χ4n) is 3.03. The third-order valence-electron chi connectivity index (χ3n) is 4.09. The van der Waals surface area contributed by atoms with Crippen LogP contribution in [-0.2, 0) is 11.2 Å². The minimum absolute atomic E-state index is 0.0275. The van der Waals surface area contributed by atoms with E-state index in [-0.39, 0.29) is 11.9 Å². The Morgan fingerprint density at radius 2 is 2.27 bits per heavy atom. The van der Waals surface area contributed by atoms with E-state index < -0.39 is 0 Å². The van der Waals surface area contributed by atoms with E-state index in [1.807, 2.05) is 42.2 Å². The van der Waals surface area contributed by atoms with E-state index in [0.717, 1.165) is 42.2 Å². The Balaban J connectivity index is 1.76. The van der Waals surface area contributed by atoms with Crippen LogP contribution in [0, 0.1) is 6.92 Å². The topological polar surface area (TPSA) is 55.6 Å². The van der Waals surface area contributed by atoms with Gasteiger partial charge < -0.3 is 14.2 Å². The fraction of sp³-hybridized carbons (Fsp3) is 0.412. The van der Waals surface area contributed by atoms with E-state index in [0.29, 0.717) is 6.42 Å². The maximum Gasteiger partial charge on any atom is 0.227 e. The van der Waals surface area contributed by atoms with E-state index in [4.69, 9.17) is 9.26 Å². The van der Waals surface area contributed by atoms with Crippen molar-refractivity contribution in [3.63, 3.8) is 0 Å². The fourth-order valence-corrected chi connectivity index (χ4v) is 3.03. The number of ether oxygens (including phenoxy) is 1. The van der Waals surface area contributed by atoms with Crippen LogP contribution in [0.15, 0.2) is 34.9 Å². The minimum atomic E-state index is 0.0275. The standard InChI is InChI=1S/C17H20N2O3/c1-12-10-14(18-22-12)15-7-5-9-19(15)17(20)11-13-6-3-4-8-16(13)21-2/h3-4,6,8,10,15H,5,7,9,11H2,1-2H3/t15-/m1/s1. The molecule has 0 radical (unpaired) electrons. The number of benzene rings is 1. The summed E-state index contributed by atoms with van der Waals surface area (Å²) in [6, 6.07) is 9.59. The maximum absolute atomic E-state index is 12.7. The van der Waals surface area contributed by atoms with E-state index in [1.165, 1.54) is 0 Å². The quantitative estimate of drug-likeness (QED) is 0.871. The van der Waals surface area contributed by atoms with Crippen LogP contribution in [0.4, 0.5) is 0 Å². The lowest BCUT2D eigenvalue weighted by Crippen LogP contribution is -2.32. The molecule has 5 heteroatoms. The largest absolute Gasteiger partial charge is 0.496 e. The molecule has 0 aliphatic carbocycles. The second-order valence-corrected chi connectivity index (χ2v) is 5.60. The molecule has 1 saturated heterocycles. The molecule has 1 aromatic heterocycles. The molecule has 2 heterocycles. The molecule has 1 atom stereocenters. The number of carbonyl (C=O) groups is 1. The summed E-state index contributed by atoms with van der Waals surface area (Å²) in [5, 5.41) is 4.08. The SMILES string of the molecule is COc1ccccc1CC(=O)N1CCC[C@@H]1c1cc(C)on1. The Hall–Kier alpha value is -2.30. The van der Waals surface area contributed by atoms with Crippen molar-refractivity contribution in [2.75, 3.05) is 13.7 Å². The Bertz CT molecular complexity index is 665. The number of carbonyl (C=O) groups excluding carboxylic acids is 1. The highest BCUT2D eigenvalue weighted by Crippen LogP contribution is 2.32. The molecule has 22 heavy (non-hydrogen) atoms. The highest BCUT2D eigenvalue weighted by atomic mass is 16.5. The Morgan fingerprint density at radius 3 is 3.00 bits per heavy atom. The van der Waals surface area contributed by atoms with Crippen molar-refractivity contribution in [2.24, 2.45) is 0 Å². The normalized spacial score (nSPS) is 17.7. The molecule has 0 bridgehead atoms. The van der Waals surface area contributed by atoms with Gasteiger partial charge in [-0.15, -0.1) is 0 Å². The van der Waals surface area contributed by atoms with Gasteiger partial charge in [-0.25, -0.2) is 0 Å². The molecule has 116 valence electrons. The van der Waals surface area contributed by atoms with Crippen molar-refractivity contribution in [1.29, 1.82) is 0 Å². The summed E-state index contributed by atoms with van der Waals surface area (Å²) in [4.78, 5) is 14.6. The second kappa shape index (κ2) is 6.22. The van der Waals surface area contributed by atoms with Crippen molar-refractivity contribution in [2.45, 2.75) is 32.2 Å². The number of nitrogens with zero attached hydrogens (tertiary/aromatic N) is 2. The average molecular weight is 300 g/mol. The molecule has 0 saturated carbocycles. The smallest absolute Gasteiger partial charge is 0.227 e. The molecule has 0 spiro atoms. The highest BCUT2D eigenvalue weighted by Gasteiger charge is 2.32. The lowest BCUT2D eigenvalue weighted by molar-refractivity contribution is -0.131. The number of hydrogen-bond donors (Lipinski definition) is 0. The molecule has 3 rings (SSSR count). The molecular weight excluding hydrogens is 280 g/mol. The molecular formula is C17H20N2O3. The summed E-state index contributed by atoms with van der Waals surface area (Å²) in [7, 11) is 1.63. The number of aryl methyl sites for hydroxylation is 1. The minimum Gasteiger partial charge on any atom is -0.496 e. The lowest BCUT2D eigenvalue weighted by Gasteiger charge is -2.23. The first-order valence-electron chi connectivity index (χ1n) is 7.53. The number of amides is 1. The van der Waals surface area contributed by atoms with Crippen LogP contribution in [0.5, 0.6) is 5.75 Å². The Kier molecular flexibility index (Phi) is 4.13. The van der Waals surface area contributed by atoms with Crippen LogP contribution in [0.1, 0.15) is 35.9 Å². The van der Waals surface area contributed by atoms with Crippen molar-refractivity contribution in [1.82, 2.24) is 10.1 Å². The molecule has 5 nitrogen and oxygen atoms in total. The molecule has 1 aliphatic rings. The first-order chi connectivity index (χ1) is 10.7. The van der Waals surface area contributed by atoms with Gasteiger partial charge >= 0.3 is 0 Å². The zero-order valence-electron chi connectivity index (χ0n) is 12.9. The summed E-state index contributed by atoms with van der Waals surface area (Å²) >= 11 is 0. The molecule has 0 unspecified atom stereocenters. The van der Waals surface area contributed by atoms with Crippen molar-refractivity contribution >= 4 is 5.91 Å². The average Bonchev–Trinajstić information content (AvgIpc) is 3.16. The van der Waals surface area contributed by atoms with Crippen LogP contribution < -0.4 is 4.74 Å². The van der Waals surface area contributed by atoms with Crippen LogP contribution in [0.25, 0.3) is 0 Å². The summed E-state index contributed by atoms with van der Waals surface area (Å²) in [6.07, 6.45) is 2.27. The van der Waals surface area contributed by atoms with Crippen LogP contribution in [0.2, 0.25) is 0 Å². The number of hydrogen-bond acceptors (Lipinski definition) is 4. The van der Waals surface area contributed by atoms with Crippen LogP contribution in [-0.4, -0.2) is 29.6 Å². The number of aromatic nitrogens is 1. The molecule has 1 aliphatic heterocycles. The zero-order chi connectivity index (χ0) is 15.5. The monoisotopic (exact) mass is 300 g/mol. The van der Waals surface area contributed by atoms with Gasteiger partial charge in [-0.2, -0.15) is 0 Å². The summed E-state index contributed by atoms with van der Waals surface area (Å²) in [5.74, 6) is 1.63. The number of methoxy groups -OCH3 is 1. The third kappa shape index (κ3) is 2.84. The molecule has 2 aromatic rings. The molecule has 1 fully saturated rings. The number of para-hydroxylation sites is 1. The molecule has 1 aromatic carbocycles. The summed E-state index contributed by atoms with van der Waals surface area (Å²) < 4.78 is 10.5. The lowest BCUT2D eigenvalue weighted by atomic mass is 10.1. The van der Waals surface area contributed by atoms with Gasteiger partial charge in [-0.3, -0.25) is 4.79 Å². The van der Waals surface area contributed by atoms with Crippen molar-refractivity contribution in [3.05, 3.63) is 47.3 Å². The Morgan fingerprint density at radius 1 is 1.45 bits per heavy atom. The van der Waals surface area contributed by atoms with Gasteiger partial charge in [-0.1, -0.05) is 23.4 Å². The first kappa shape index (κ1) is 14.6. The number of rotatable bonds is 4. The van der Waals surface area contributed by atoms with Gasteiger partial charge in [0.15, 0.2) is 0 Å². The highest BCUT2D eigenvalue weighted by molar-refractivity contribution is 5.80. The van der Waals surface area contributed by atoms with Gasteiger partial charge in [0, 0.05) is 18.2 Å². The van der Waals surface area contributed by atoms with Gasteiger partial charge in [0.2, 0.25) is 5.91 Å². The zero-order valence-corrected chi connectivity index (χ0v) is 12.9. The first-order valence-corrected chi connectivity index (χ1v) is 7.53. The predicted octanol–water partition coefficient (Wildman–Crippen LogP) is 2.90. The summed E-state index contributed by atoms with van der Waals surface area (Å²) in [5.41, 5.74) is 1.76. The second-order valence-electron chi connectivity index (χ2n) is 5.60. The van der Waals surface area contributed by atoms with Crippen LogP contribution in [0.3, 0.4) is 0 Å². The van der Waals surface area contributed by atoms with Gasteiger partial charge in [0.1, 0.15) is 17.2 Å². The third-order valence-corrected chi connectivity index (χ3v) is 4.09. The maximum atomic E-state index is 12.7. The Labute approximate surface area is 129 Å². The molecule has 0 N–H and O–H groups in total.